The Kier molecular flexibility index (Phi) is 7.14. The van der Waals surface area contributed by atoms with Crippen LogP contribution >= 0.6 is 11.6 Å². The molecular weight excluding hydrogens is 292 g/mol. The molecule has 1 amide bonds. The van der Waals surface area contributed by atoms with Crippen LogP contribution in [0.4, 0.5) is 11.9 Å². The van der Waals surface area contributed by atoms with Gasteiger partial charge in [0.15, 0.2) is 0 Å². The van der Waals surface area contributed by atoms with Crippen molar-refractivity contribution in [3.63, 3.8) is 0 Å². The first kappa shape index (κ1) is 17.4. The molecule has 0 aliphatic heterocycles. The van der Waals surface area contributed by atoms with Gasteiger partial charge in [-0.2, -0.15) is 15.0 Å². The maximum atomic E-state index is 11.9. The highest BCUT2D eigenvalue weighted by atomic mass is 35.5. The highest BCUT2D eigenvalue weighted by Gasteiger charge is 2.16. The van der Waals surface area contributed by atoms with Gasteiger partial charge in [-0.15, -0.1) is 0 Å². The van der Waals surface area contributed by atoms with Crippen molar-refractivity contribution in [3.8, 4) is 0 Å². The molecule has 21 heavy (non-hydrogen) atoms. The first-order valence-corrected chi connectivity index (χ1v) is 7.46. The molecule has 0 aliphatic carbocycles. The molecular formula is C13H23ClN6O. The van der Waals surface area contributed by atoms with E-state index in [2.05, 4.69) is 27.2 Å². The van der Waals surface area contributed by atoms with Crippen molar-refractivity contribution in [1.82, 2.24) is 19.9 Å². The SMILES string of the molecule is CCCNc1nc(Cl)nc(N(CCC)CC(=O)N(C)C)n1. The molecule has 0 aliphatic rings. The van der Waals surface area contributed by atoms with Crippen LogP contribution < -0.4 is 10.2 Å². The molecule has 0 aromatic carbocycles. The van der Waals surface area contributed by atoms with Crippen LogP contribution in [0.1, 0.15) is 26.7 Å². The zero-order chi connectivity index (χ0) is 15.8. The third-order valence-corrected chi connectivity index (χ3v) is 2.90. The average Bonchev–Trinajstić information content (AvgIpc) is 2.43. The topological polar surface area (TPSA) is 74.2 Å². The van der Waals surface area contributed by atoms with Crippen molar-refractivity contribution >= 4 is 29.4 Å². The summed E-state index contributed by atoms with van der Waals surface area (Å²) in [5, 5.41) is 3.20. The number of nitrogens with one attached hydrogen (secondary N) is 1. The van der Waals surface area contributed by atoms with Gasteiger partial charge in [-0.05, 0) is 24.4 Å². The van der Waals surface area contributed by atoms with E-state index in [0.29, 0.717) is 18.4 Å². The number of likely N-dealkylation sites (N-methyl/N-ethyl adjacent to an activating group) is 1. The number of amides is 1. The Labute approximate surface area is 130 Å². The highest BCUT2D eigenvalue weighted by Crippen LogP contribution is 2.14. The van der Waals surface area contributed by atoms with Gasteiger partial charge in [0.2, 0.25) is 23.1 Å². The number of nitrogens with zero attached hydrogens (tertiary/aromatic N) is 5. The molecule has 0 bridgehead atoms. The summed E-state index contributed by atoms with van der Waals surface area (Å²) in [5.41, 5.74) is 0. The lowest BCUT2D eigenvalue weighted by molar-refractivity contribution is -0.127. The van der Waals surface area contributed by atoms with Gasteiger partial charge in [-0.1, -0.05) is 13.8 Å². The second kappa shape index (κ2) is 8.61. The van der Waals surface area contributed by atoms with Crippen LogP contribution in [0.25, 0.3) is 0 Å². The lowest BCUT2D eigenvalue weighted by atomic mass is 10.4. The van der Waals surface area contributed by atoms with Gasteiger partial charge < -0.3 is 15.1 Å². The first-order valence-electron chi connectivity index (χ1n) is 7.08. The number of hydrogen-bond acceptors (Lipinski definition) is 6. The average molecular weight is 315 g/mol. The fourth-order valence-corrected chi connectivity index (χ4v) is 1.78. The summed E-state index contributed by atoms with van der Waals surface area (Å²) >= 11 is 5.95. The molecule has 0 atom stereocenters. The zero-order valence-electron chi connectivity index (χ0n) is 13.1. The van der Waals surface area contributed by atoms with E-state index in [1.165, 1.54) is 0 Å². The van der Waals surface area contributed by atoms with E-state index in [4.69, 9.17) is 11.6 Å². The Balaban J connectivity index is 2.95. The van der Waals surface area contributed by atoms with Crippen molar-refractivity contribution in [3.05, 3.63) is 5.28 Å². The normalized spacial score (nSPS) is 10.3. The third kappa shape index (κ3) is 5.71. The molecule has 0 saturated carbocycles. The standard InChI is InChI=1S/C13H23ClN6O/c1-5-7-15-12-16-11(14)17-13(18-12)20(8-6-2)9-10(21)19(3)4/h5-9H2,1-4H3,(H,15,16,17,18). The minimum absolute atomic E-state index is 0.0111. The van der Waals surface area contributed by atoms with Gasteiger partial charge in [0.25, 0.3) is 0 Å². The van der Waals surface area contributed by atoms with Crippen LogP contribution in [0, 0.1) is 0 Å². The van der Waals surface area contributed by atoms with Crippen LogP contribution in [0.2, 0.25) is 5.28 Å². The molecule has 0 unspecified atom stereocenters. The van der Waals surface area contributed by atoms with Crippen LogP contribution in [0.15, 0.2) is 0 Å². The molecule has 0 saturated heterocycles. The van der Waals surface area contributed by atoms with Crippen LogP contribution in [-0.2, 0) is 4.79 Å². The van der Waals surface area contributed by atoms with Crippen molar-refractivity contribution < 1.29 is 4.79 Å². The molecule has 0 radical (unpaired) electrons. The Hall–Kier alpha value is -1.63. The molecule has 0 spiro atoms. The van der Waals surface area contributed by atoms with Crippen molar-refractivity contribution in [2.45, 2.75) is 26.7 Å². The van der Waals surface area contributed by atoms with Gasteiger partial charge in [-0.3, -0.25) is 4.79 Å². The number of carbonyl (C=O) groups excluding carboxylic acids is 1. The minimum Gasteiger partial charge on any atom is -0.354 e. The zero-order valence-corrected chi connectivity index (χ0v) is 13.8. The number of halogens is 1. The Morgan fingerprint density at radius 3 is 2.48 bits per heavy atom. The van der Waals surface area contributed by atoms with E-state index in [1.54, 1.807) is 19.0 Å². The van der Waals surface area contributed by atoms with Crippen LogP contribution in [0.3, 0.4) is 0 Å². The predicted molar refractivity (Wildman–Crippen MR) is 84.8 cm³/mol. The fraction of sp³-hybridized carbons (Fsp3) is 0.692. The highest BCUT2D eigenvalue weighted by molar-refractivity contribution is 6.28. The van der Waals surface area contributed by atoms with Crippen molar-refractivity contribution in [2.24, 2.45) is 0 Å². The Morgan fingerprint density at radius 1 is 1.19 bits per heavy atom. The molecule has 1 aromatic heterocycles. The molecule has 7 nitrogen and oxygen atoms in total. The summed E-state index contributed by atoms with van der Waals surface area (Å²) in [6, 6.07) is 0. The fourth-order valence-electron chi connectivity index (χ4n) is 1.62. The van der Waals surface area contributed by atoms with E-state index in [-0.39, 0.29) is 17.7 Å². The summed E-state index contributed by atoms with van der Waals surface area (Å²) in [7, 11) is 3.45. The van der Waals surface area contributed by atoms with Gasteiger partial charge in [0.05, 0.1) is 6.54 Å². The maximum absolute atomic E-state index is 11.9. The molecule has 1 rings (SSSR count). The molecule has 1 aromatic rings. The van der Waals surface area contributed by atoms with E-state index < -0.39 is 0 Å². The molecule has 1 N–H and O–H groups in total. The van der Waals surface area contributed by atoms with E-state index in [1.807, 2.05) is 11.8 Å². The Morgan fingerprint density at radius 2 is 1.90 bits per heavy atom. The van der Waals surface area contributed by atoms with Crippen LogP contribution in [-0.4, -0.2) is 59.5 Å². The Bertz CT molecular complexity index is 468. The monoisotopic (exact) mass is 314 g/mol. The van der Waals surface area contributed by atoms with E-state index in [9.17, 15) is 4.79 Å². The van der Waals surface area contributed by atoms with E-state index >= 15 is 0 Å². The van der Waals surface area contributed by atoms with Gasteiger partial charge in [0.1, 0.15) is 0 Å². The quantitative estimate of drug-likeness (QED) is 0.786. The summed E-state index contributed by atoms with van der Waals surface area (Å²) < 4.78 is 0. The number of aromatic nitrogens is 3. The lowest BCUT2D eigenvalue weighted by Gasteiger charge is -2.23. The summed E-state index contributed by atoms with van der Waals surface area (Å²) in [5.74, 6) is 0.846. The maximum Gasteiger partial charge on any atom is 0.241 e. The largest absolute Gasteiger partial charge is 0.354 e. The molecule has 0 fully saturated rings. The predicted octanol–water partition coefficient (Wildman–Crippen LogP) is 1.65. The number of carbonyl (C=O) groups is 1. The minimum atomic E-state index is -0.0111. The molecule has 8 heteroatoms. The van der Waals surface area contributed by atoms with Crippen molar-refractivity contribution in [2.75, 3.05) is 43.9 Å². The first-order chi connectivity index (χ1) is 9.97. The molecule has 118 valence electrons. The van der Waals surface area contributed by atoms with Gasteiger partial charge >= 0.3 is 0 Å². The summed E-state index contributed by atoms with van der Waals surface area (Å²) in [4.78, 5) is 27.8. The number of hydrogen-bond donors (Lipinski definition) is 1. The summed E-state index contributed by atoms with van der Waals surface area (Å²) in [6.45, 7) is 5.73. The third-order valence-electron chi connectivity index (χ3n) is 2.73. The van der Waals surface area contributed by atoms with Crippen molar-refractivity contribution in [1.29, 1.82) is 0 Å². The second-order valence-corrected chi connectivity index (χ2v) is 5.20. The smallest absolute Gasteiger partial charge is 0.241 e. The summed E-state index contributed by atoms with van der Waals surface area (Å²) in [6.07, 6.45) is 1.83. The van der Waals surface area contributed by atoms with Gasteiger partial charge in [0, 0.05) is 27.2 Å². The second-order valence-electron chi connectivity index (χ2n) is 4.86. The van der Waals surface area contributed by atoms with Gasteiger partial charge in [-0.25, -0.2) is 0 Å². The van der Waals surface area contributed by atoms with Crippen LogP contribution in [0.5, 0.6) is 0 Å². The van der Waals surface area contributed by atoms with E-state index in [0.717, 1.165) is 19.4 Å². The number of rotatable bonds is 8. The molecule has 1 heterocycles. The number of anilines is 2. The lowest BCUT2D eigenvalue weighted by Crippen LogP contribution is -2.38.